The van der Waals surface area contributed by atoms with Crippen molar-refractivity contribution >= 4 is 29.7 Å². The summed E-state index contributed by atoms with van der Waals surface area (Å²) < 4.78 is 0. The van der Waals surface area contributed by atoms with E-state index in [9.17, 15) is 0 Å². The second-order valence-electron chi connectivity index (χ2n) is 3.19. The molecule has 0 spiro atoms. The van der Waals surface area contributed by atoms with Crippen molar-refractivity contribution in [3.05, 3.63) is 29.8 Å². The van der Waals surface area contributed by atoms with Gasteiger partial charge in [0.15, 0.2) is 5.17 Å². The van der Waals surface area contributed by atoms with Gasteiger partial charge in [0.25, 0.3) is 0 Å². The number of amidine groups is 1. The first-order chi connectivity index (χ1) is 7.09. The van der Waals surface area contributed by atoms with E-state index in [0.29, 0.717) is 0 Å². The van der Waals surface area contributed by atoms with Gasteiger partial charge in [-0.3, -0.25) is 0 Å². The lowest BCUT2D eigenvalue weighted by Crippen LogP contribution is -2.08. The zero-order chi connectivity index (χ0) is 11.3. The average molecular weight is 222 g/mol. The first-order valence-corrected chi connectivity index (χ1v) is 4.87. The van der Waals surface area contributed by atoms with Crippen LogP contribution in [-0.2, 0) is 0 Å². The van der Waals surface area contributed by atoms with Gasteiger partial charge in [-0.05, 0) is 17.7 Å². The maximum atomic E-state index is 5.21. The fraction of sp³-hybridized carbons (Fsp3) is 0.200. The lowest BCUT2D eigenvalue weighted by molar-refractivity contribution is 1.13. The van der Waals surface area contributed by atoms with Crippen molar-refractivity contribution in [3.8, 4) is 0 Å². The van der Waals surface area contributed by atoms with Crippen LogP contribution in [0.4, 0.5) is 5.69 Å². The minimum absolute atomic E-state index is 0.149. The fourth-order valence-electron chi connectivity index (χ4n) is 1.01. The summed E-state index contributed by atoms with van der Waals surface area (Å²) in [6.45, 7) is 0. The van der Waals surface area contributed by atoms with E-state index in [-0.39, 0.29) is 5.17 Å². The Balaban J connectivity index is 2.73. The van der Waals surface area contributed by atoms with Crippen LogP contribution in [-0.4, -0.2) is 25.5 Å². The van der Waals surface area contributed by atoms with Gasteiger partial charge in [-0.25, -0.2) is 0 Å². The number of nitrogens with two attached hydrogens (primary N) is 1. The Morgan fingerprint density at radius 1 is 1.33 bits per heavy atom. The molecular weight excluding hydrogens is 208 g/mol. The maximum Gasteiger partial charge on any atom is 0.177 e. The van der Waals surface area contributed by atoms with Crippen molar-refractivity contribution in [2.75, 3.05) is 19.0 Å². The van der Waals surface area contributed by atoms with Crippen molar-refractivity contribution in [3.63, 3.8) is 0 Å². The van der Waals surface area contributed by atoms with Gasteiger partial charge >= 0.3 is 0 Å². The van der Waals surface area contributed by atoms with Gasteiger partial charge in [0.05, 0.1) is 6.21 Å². The molecule has 4 nitrogen and oxygen atoms in total. The molecule has 0 radical (unpaired) electrons. The van der Waals surface area contributed by atoms with E-state index in [4.69, 9.17) is 5.73 Å². The van der Waals surface area contributed by atoms with Crippen LogP contribution in [0.1, 0.15) is 5.56 Å². The third kappa shape index (κ3) is 4.03. The Hall–Kier alpha value is -1.49. The van der Waals surface area contributed by atoms with E-state index in [1.807, 2.05) is 43.3 Å². The molecule has 1 aromatic carbocycles. The number of thiol groups is 1. The molecule has 1 aromatic rings. The molecule has 0 amide bonds. The SMILES string of the molecule is CN(C)c1ccc(/C=N/N=C(\N)S)cc1. The van der Waals surface area contributed by atoms with Gasteiger partial charge in [-0.2, -0.15) is 5.10 Å². The number of rotatable bonds is 3. The molecule has 0 saturated heterocycles. The van der Waals surface area contributed by atoms with E-state index < -0.39 is 0 Å². The van der Waals surface area contributed by atoms with E-state index in [0.717, 1.165) is 11.3 Å². The molecule has 0 heterocycles. The summed E-state index contributed by atoms with van der Waals surface area (Å²) in [7, 11) is 3.99. The zero-order valence-electron chi connectivity index (χ0n) is 8.75. The van der Waals surface area contributed by atoms with E-state index in [2.05, 4.69) is 22.8 Å². The number of benzene rings is 1. The molecule has 0 aromatic heterocycles. The Bertz CT molecular complexity index is 364. The topological polar surface area (TPSA) is 54.0 Å². The molecule has 2 N–H and O–H groups in total. The van der Waals surface area contributed by atoms with Crippen molar-refractivity contribution in [2.45, 2.75) is 0 Å². The molecule has 15 heavy (non-hydrogen) atoms. The highest BCUT2D eigenvalue weighted by Gasteiger charge is 1.93. The van der Waals surface area contributed by atoms with Crippen LogP contribution in [0.25, 0.3) is 0 Å². The first kappa shape index (κ1) is 11.6. The molecule has 0 saturated carbocycles. The smallest absolute Gasteiger partial charge is 0.177 e. The normalized spacial score (nSPS) is 12.1. The quantitative estimate of drug-likeness (QED) is 0.351. The van der Waals surface area contributed by atoms with Crippen molar-refractivity contribution in [1.82, 2.24) is 0 Å². The summed E-state index contributed by atoms with van der Waals surface area (Å²) in [4.78, 5) is 2.03. The summed E-state index contributed by atoms with van der Waals surface area (Å²) in [6.07, 6.45) is 1.63. The summed E-state index contributed by atoms with van der Waals surface area (Å²) in [5, 5.41) is 7.51. The Morgan fingerprint density at radius 2 is 1.93 bits per heavy atom. The van der Waals surface area contributed by atoms with Crippen LogP contribution in [0.15, 0.2) is 34.5 Å². The molecule has 0 aliphatic heterocycles. The molecule has 1 rings (SSSR count). The van der Waals surface area contributed by atoms with Gasteiger partial charge in [0.1, 0.15) is 0 Å². The highest BCUT2D eigenvalue weighted by Crippen LogP contribution is 2.10. The fourth-order valence-corrected chi connectivity index (χ4v) is 1.06. The molecule has 0 aliphatic carbocycles. The highest BCUT2D eigenvalue weighted by molar-refractivity contribution is 7.96. The molecule has 0 aliphatic rings. The number of anilines is 1. The van der Waals surface area contributed by atoms with Crippen molar-refractivity contribution < 1.29 is 0 Å². The molecular formula is C10H14N4S. The van der Waals surface area contributed by atoms with E-state index >= 15 is 0 Å². The Labute approximate surface area is 94.9 Å². The van der Waals surface area contributed by atoms with Gasteiger partial charge < -0.3 is 10.6 Å². The molecule has 80 valence electrons. The van der Waals surface area contributed by atoms with Crippen LogP contribution in [0.2, 0.25) is 0 Å². The third-order valence-corrected chi connectivity index (χ3v) is 1.87. The van der Waals surface area contributed by atoms with Gasteiger partial charge in [-0.1, -0.05) is 12.1 Å². The van der Waals surface area contributed by atoms with Gasteiger partial charge in [0, 0.05) is 19.8 Å². The largest absolute Gasteiger partial charge is 0.378 e. The summed E-state index contributed by atoms with van der Waals surface area (Å²) in [5.41, 5.74) is 7.33. The minimum Gasteiger partial charge on any atom is -0.378 e. The standard InChI is InChI=1S/C10H14N4S/c1-14(2)9-5-3-8(4-6-9)7-12-13-10(11)15/h3-7H,1-2H3,(H3,11,13,15)/b12-7+. The van der Waals surface area contributed by atoms with Gasteiger partial charge in [-0.15, -0.1) is 17.7 Å². The number of nitrogens with zero attached hydrogens (tertiary/aromatic N) is 3. The third-order valence-electron chi connectivity index (χ3n) is 1.78. The van der Waals surface area contributed by atoms with E-state index in [1.165, 1.54) is 0 Å². The van der Waals surface area contributed by atoms with Crippen LogP contribution in [0.3, 0.4) is 0 Å². The number of hydrogen-bond acceptors (Lipinski definition) is 3. The second-order valence-corrected chi connectivity index (χ2v) is 3.65. The van der Waals surface area contributed by atoms with Crippen LogP contribution in [0, 0.1) is 0 Å². The van der Waals surface area contributed by atoms with Crippen LogP contribution >= 0.6 is 12.6 Å². The molecule has 0 unspecified atom stereocenters. The van der Waals surface area contributed by atoms with Crippen molar-refractivity contribution in [2.24, 2.45) is 15.9 Å². The number of hydrogen-bond donors (Lipinski definition) is 2. The summed E-state index contributed by atoms with van der Waals surface area (Å²) >= 11 is 3.80. The minimum atomic E-state index is 0.149. The zero-order valence-corrected chi connectivity index (χ0v) is 9.65. The lowest BCUT2D eigenvalue weighted by Gasteiger charge is -2.11. The highest BCUT2D eigenvalue weighted by atomic mass is 32.1. The molecule has 0 bridgehead atoms. The molecule has 0 atom stereocenters. The Morgan fingerprint density at radius 3 is 2.40 bits per heavy atom. The predicted octanol–water partition coefficient (Wildman–Crippen LogP) is 1.33. The predicted molar refractivity (Wildman–Crippen MR) is 69.0 cm³/mol. The summed E-state index contributed by atoms with van der Waals surface area (Å²) in [5.74, 6) is 0. The van der Waals surface area contributed by atoms with E-state index in [1.54, 1.807) is 6.21 Å². The van der Waals surface area contributed by atoms with Crippen LogP contribution in [0.5, 0.6) is 0 Å². The monoisotopic (exact) mass is 222 g/mol. The lowest BCUT2D eigenvalue weighted by atomic mass is 10.2. The molecule has 5 heteroatoms. The second kappa shape index (κ2) is 5.41. The van der Waals surface area contributed by atoms with Crippen molar-refractivity contribution in [1.29, 1.82) is 0 Å². The first-order valence-electron chi connectivity index (χ1n) is 4.42. The van der Waals surface area contributed by atoms with Crippen LogP contribution < -0.4 is 10.6 Å². The Kier molecular flexibility index (Phi) is 4.17. The maximum absolute atomic E-state index is 5.21. The van der Waals surface area contributed by atoms with Gasteiger partial charge in [0.2, 0.25) is 0 Å². The molecule has 0 fully saturated rings. The average Bonchev–Trinajstić information content (AvgIpc) is 2.18. The summed E-state index contributed by atoms with van der Waals surface area (Å²) in [6, 6.07) is 7.94.